The Morgan fingerprint density at radius 1 is 1.14 bits per heavy atom. The average Bonchev–Trinajstić information content (AvgIpc) is 2.50. The predicted octanol–water partition coefficient (Wildman–Crippen LogP) is 3.78. The molecule has 1 unspecified atom stereocenters. The predicted molar refractivity (Wildman–Crippen MR) is 87.6 cm³/mol. The zero-order valence-corrected chi connectivity index (χ0v) is 13.6. The van der Waals surface area contributed by atoms with Crippen LogP contribution in [0.3, 0.4) is 0 Å². The van der Waals surface area contributed by atoms with Crippen LogP contribution in [0.2, 0.25) is 0 Å². The van der Waals surface area contributed by atoms with Gasteiger partial charge in [-0.05, 0) is 36.0 Å². The molecule has 0 heterocycles. The minimum atomic E-state index is -0.00226. The van der Waals surface area contributed by atoms with Crippen LogP contribution in [-0.4, -0.2) is 25.6 Å². The summed E-state index contributed by atoms with van der Waals surface area (Å²) in [6.07, 6.45) is 3.56. The number of ketones is 1. The second-order valence-corrected chi connectivity index (χ2v) is 6.35. The molecule has 0 N–H and O–H groups in total. The third-order valence-electron chi connectivity index (χ3n) is 3.73. The number of ether oxygens (including phenoxy) is 2. The zero-order chi connectivity index (χ0) is 15.8. The summed E-state index contributed by atoms with van der Waals surface area (Å²) in [5, 5.41) is 0. The van der Waals surface area contributed by atoms with E-state index in [0.717, 1.165) is 30.6 Å². The van der Waals surface area contributed by atoms with E-state index in [-0.39, 0.29) is 11.7 Å². The molecule has 0 amide bonds. The second-order valence-electron chi connectivity index (χ2n) is 6.35. The quantitative estimate of drug-likeness (QED) is 0.733. The van der Waals surface area contributed by atoms with Gasteiger partial charge in [-0.3, -0.25) is 4.79 Å². The summed E-state index contributed by atoms with van der Waals surface area (Å²) < 4.78 is 11.3. The van der Waals surface area contributed by atoms with Gasteiger partial charge in [0.15, 0.2) is 5.78 Å². The fraction of sp³-hybridized carbons (Fsp3) is 0.526. The number of hydrogen-bond acceptors (Lipinski definition) is 3. The van der Waals surface area contributed by atoms with Crippen molar-refractivity contribution < 1.29 is 14.3 Å². The number of carbonyl (C=O) groups excluding carboxylic acids is 1. The molecule has 0 aromatic heterocycles. The molecule has 2 rings (SSSR count). The third kappa shape index (κ3) is 5.74. The van der Waals surface area contributed by atoms with E-state index in [4.69, 9.17) is 9.47 Å². The molecule has 0 spiro atoms. The molecule has 3 nitrogen and oxygen atoms in total. The van der Waals surface area contributed by atoms with Crippen molar-refractivity contribution in [2.45, 2.75) is 33.3 Å². The SMILES string of the molecule is CC(C)COCC1=CC(=O)C(COCc2ccccc2)CC1. The maximum atomic E-state index is 12.1. The van der Waals surface area contributed by atoms with E-state index in [2.05, 4.69) is 13.8 Å². The van der Waals surface area contributed by atoms with Crippen LogP contribution in [0.25, 0.3) is 0 Å². The molecule has 3 heteroatoms. The van der Waals surface area contributed by atoms with Crippen molar-refractivity contribution in [2.75, 3.05) is 19.8 Å². The zero-order valence-electron chi connectivity index (χ0n) is 13.6. The fourth-order valence-electron chi connectivity index (χ4n) is 2.49. The van der Waals surface area contributed by atoms with Crippen molar-refractivity contribution in [2.24, 2.45) is 11.8 Å². The van der Waals surface area contributed by atoms with Crippen LogP contribution in [0.15, 0.2) is 42.0 Å². The van der Waals surface area contributed by atoms with Crippen molar-refractivity contribution in [1.29, 1.82) is 0 Å². The highest BCUT2D eigenvalue weighted by atomic mass is 16.5. The Morgan fingerprint density at radius 3 is 2.59 bits per heavy atom. The lowest BCUT2D eigenvalue weighted by atomic mass is 9.89. The molecule has 0 aliphatic heterocycles. The van der Waals surface area contributed by atoms with Gasteiger partial charge in [0.25, 0.3) is 0 Å². The molecular weight excluding hydrogens is 276 g/mol. The highest BCUT2D eigenvalue weighted by Gasteiger charge is 2.22. The number of benzene rings is 1. The van der Waals surface area contributed by atoms with Crippen molar-refractivity contribution in [3.05, 3.63) is 47.5 Å². The summed E-state index contributed by atoms with van der Waals surface area (Å²) in [7, 11) is 0. The smallest absolute Gasteiger partial charge is 0.161 e. The van der Waals surface area contributed by atoms with Crippen molar-refractivity contribution in [3.63, 3.8) is 0 Å². The Hall–Kier alpha value is -1.45. The summed E-state index contributed by atoms with van der Waals surface area (Å²) in [6.45, 7) is 6.65. The van der Waals surface area contributed by atoms with E-state index >= 15 is 0 Å². The summed E-state index contributed by atoms with van der Waals surface area (Å²) in [5.41, 5.74) is 2.26. The van der Waals surface area contributed by atoms with Gasteiger partial charge in [-0.1, -0.05) is 44.2 Å². The second kappa shape index (κ2) is 8.86. The van der Waals surface area contributed by atoms with Crippen LogP contribution < -0.4 is 0 Å². The number of hydrogen-bond donors (Lipinski definition) is 0. The first-order valence-corrected chi connectivity index (χ1v) is 8.08. The first kappa shape index (κ1) is 16.9. The highest BCUT2D eigenvalue weighted by molar-refractivity contribution is 5.93. The Labute approximate surface area is 133 Å². The molecule has 1 aliphatic carbocycles. The molecule has 1 aromatic rings. The van der Waals surface area contributed by atoms with Crippen LogP contribution in [0.1, 0.15) is 32.3 Å². The van der Waals surface area contributed by atoms with Gasteiger partial charge in [-0.25, -0.2) is 0 Å². The van der Waals surface area contributed by atoms with E-state index in [9.17, 15) is 4.79 Å². The van der Waals surface area contributed by atoms with Gasteiger partial charge in [0.05, 0.1) is 19.8 Å². The first-order valence-electron chi connectivity index (χ1n) is 8.08. The van der Waals surface area contributed by atoms with E-state index in [0.29, 0.717) is 25.7 Å². The number of allylic oxidation sites excluding steroid dienone is 1. The number of carbonyl (C=O) groups is 1. The molecule has 1 aliphatic rings. The summed E-state index contributed by atoms with van der Waals surface area (Å²) in [6, 6.07) is 10.1. The molecule has 1 atom stereocenters. The Balaban J connectivity index is 1.71. The van der Waals surface area contributed by atoms with Gasteiger partial charge in [0.1, 0.15) is 0 Å². The van der Waals surface area contributed by atoms with Crippen LogP contribution in [0, 0.1) is 11.8 Å². The average molecular weight is 302 g/mol. The number of rotatable bonds is 8. The van der Waals surface area contributed by atoms with Crippen LogP contribution in [0.4, 0.5) is 0 Å². The van der Waals surface area contributed by atoms with Crippen molar-refractivity contribution in [1.82, 2.24) is 0 Å². The maximum Gasteiger partial charge on any atom is 0.161 e. The molecule has 120 valence electrons. The summed E-state index contributed by atoms with van der Waals surface area (Å²) in [5.74, 6) is 0.707. The monoisotopic (exact) mass is 302 g/mol. The normalized spacial score (nSPS) is 18.6. The summed E-state index contributed by atoms with van der Waals surface area (Å²) >= 11 is 0. The minimum absolute atomic E-state index is 0.00226. The first-order chi connectivity index (χ1) is 10.6. The maximum absolute atomic E-state index is 12.1. The van der Waals surface area contributed by atoms with Gasteiger partial charge in [-0.15, -0.1) is 0 Å². The summed E-state index contributed by atoms with van der Waals surface area (Å²) in [4.78, 5) is 12.1. The topological polar surface area (TPSA) is 35.5 Å². The van der Waals surface area contributed by atoms with Gasteiger partial charge in [0, 0.05) is 12.5 Å². The lowest BCUT2D eigenvalue weighted by Crippen LogP contribution is -2.23. The Morgan fingerprint density at radius 2 is 1.91 bits per heavy atom. The van der Waals surface area contributed by atoms with Gasteiger partial charge in [0.2, 0.25) is 0 Å². The molecule has 0 saturated carbocycles. The van der Waals surface area contributed by atoms with E-state index in [1.165, 1.54) is 0 Å². The van der Waals surface area contributed by atoms with Gasteiger partial charge in [-0.2, -0.15) is 0 Å². The van der Waals surface area contributed by atoms with E-state index in [1.807, 2.05) is 30.3 Å². The van der Waals surface area contributed by atoms with Crippen LogP contribution in [0.5, 0.6) is 0 Å². The molecule has 0 bridgehead atoms. The Kier molecular flexibility index (Phi) is 6.81. The van der Waals surface area contributed by atoms with E-state index < -0.39 is 0 Å². The molecular formula is C19H26O3. The van der Waals surface area contributed by atoms with Crippen molar-refractivity contribution in [3.8, 4) is 0 Å². The minimum Gasteiger partial charge on any atom is -0.377 e. The van der Waals surface area contributed by atoms with E-state index in [1.54, 1.807) is 6.08 Å². The van der Waals surface area contributed by atoms with Gasteiger partial charge < -0.3 is 9.47 Å². The lowest BCUT2D eigenvalue weighted by molar-refractivity contribution is -0.121. The molecule has 1 aromatic carbocycles. The highest BCUT2D eigenvalue weighted by Crippen LogP contribution is 2.22. The third-order valence-corrected chi connectivity index (χ3v) is 3.73. The molecule has 0 radical (unpaired) electrons. The van der Waals surface area contributed by atoms with Gasteiger partial charge >= 0.3 is 0 Å². The van der Waals surface area contributed by atoms with Crippen molar-refractivity contribution >= 4 is 5.78 Å². The lowest BCUT2D eigenvalue weighted by Gasteiger charge is -2.21. The fourth-order valence-corrected chi connectivity index (χ4v) is 2.49. The molecule has 22 heavy (non-hydrogen) atoms. The standard InChI is InChI=1S/C19H26O3/c1-15(2)11-21-13-17-8-9-18(19(20)10-17)14-22-12-16-6-4-3-5-7-16/h3-7,10,15,18H,8-9,11-14H2,1-2H3. The van der Waals surface area contributed by atoms with Crippen LogP contribution >= 0.6 is 0 Å². The largest absolute Gasteiger partial charge is 0.377 e. The molecule has 0 fully saturated rings. The van der Waals surface area contributed by atoms with Crippen LogP contribution in [-0.2, 0) is 20.9 Å². The molecule has 0 saturated heterocycles. The Bertz CT molecular complexity index is 491.